The maximum absolute atomic E-state index is 12.8. The number of carbonyl (C=O) groups excluding carboxylic acids is 3. The number of para-hydroxylation sites is 1. The number of anilines is 1. The molecule has 0 aromatic heterocycles. The molecule has 2 aromatic carbocycles. The molecular weight excluding hydrogens is 412 g/mol. The zero-order chi connectivity index (χ0) is 18.5. The van der Waals surface area contributed by atoms with Crippen LogP contribution in [0.5, 0.6) is 0 Å². The molecule has 3 rings (SSSR count). The lowest BCUT2D eigenvalue weighted by Gasteiger charge is -2.17. The molecule has 0 fully saturated rings. The molecular formula is C16H7Cl4NO4. The summed E-state index contributed by atoms with van der Waals surface area (Å²) in [7, 11) is 1.19. The summed E-state index contributed by atoms with van der Waals surface area (Å²) in [6, 6.07) is 5.99. The number of amides is 2. The highest BCUT2D eigenvalue weighted by Crippen LogP contribution is 2.46. The Kier molecular flexibility index (Phi) is 4.68. The van der Waals surface area contributed by atoms with Gasteiger partial charge in [0.25, 0.3) is 11.8 Å². The van der Waals surface area contributed by atoms with E-state index in [0.29, 0.717) is 0 Å². The van der Waals surface area contributed by atoms with Gasteiger partial charge in [0.15, 0.2) is 0 Å². The first-order chi connectivity index (χ1) is 11.8. The lowest BCUT2D eigenvalue weighted by Crippen LogP contribution is -2.31. The van der Waals surface area contributed by atoms with Crippen LogP contribution in [0.4, 0.5) is 5.69 Å². The van der Waals surface area contributed by atoms with Gasteiger partial charge in [-0.05, 0) is 12.1 Å². The van der Waals surface area contributed by atoms with Crippen LogP contribution >= 0.6 is 46.4 Å². The largest absolute Gasteiger partial charge is 0.465 e. The normalized spacial score (nSPS) is 13.2. The molecule has 1 heterocycles. The van der Waals surface area contributed by atoms with E-state index >= 15 is 0 Å². The van der Waals surface area contributed by atoms with Gasteiger partial charge in [0, 0.05) is 0 Å². The van der Waals surface area contributed by atoms with Gasteiger partial charge in [-0.25, -0.2) is 9.69 Å². The summed E-state index contributed by atoms with van der Waals surface area (Å²) in [4.78, 5) is 38.4. The second kappa shape index (κ2) is 6.50. The average Bonchev–Trinajstić information content (AvgIpc) is 2.88. The molecule has 0 saturated heterocycles. The second-order valence-corrected chi connectivity index (χ2v) is 6.47. The van der Waals surface area contributed by atoms with E-state index in [1.165, 1.54) is 19.2 Å². The fourth-order valence-corrected chi connectivity index (χ4v) is 3.53. The topological polar surface area (TPSA) is 63.7 Å². The summed E-state index contributed by atoms with van der Waals surface area (Å²) >= 11 is 24.1. The van der Waals surface area contributed by atoms with E-state index < -0.39 is 17.8 Å². The Labute approximate surface area is 162 Å². The predicted octanol–water partition coefficient (Wildman–Crippen LogP) is 4.89. The summed E-state index contributed by atoms with van der Waals surface area (Å²) in [5.74, 6) is -2.23. The van der Waals surface area contributed by atoms with E-state index in [0.717, 1.165) is 4.90 Å². The van der Waals surface area contributed by atoms with E-state index in [-0.39, 0.29) is 42.5 Å². The van der Waals surface area contributed by atoms with E-state index in [1.54, 1.807) is 12.1 Å². The van der Waals surface area contributed by atoms with Crippen LogP contribution in [0.15, 0.2) is 24.3 Å². The van der Waals surface area contributed by atoms with Crippen LogP contribution < -0.4 is 4.90 Å². The summed E-state index contributed by atoms with van der Waals surface area (Å²) < 4.78 is 4.69. The summed E-state index contributed by atoms with van der Waals surface area (Å²) in [5.41, 5.74) is -0.250. The Morgan fingerprint density at radius 3 is 1.84 bits per heavy atom. The fraction of sp³-hybridized carbons (Fsp3) is 0.0625. The molecule has 2 aromatic rings. The number of hydrogen-bond acceptors (Lipinski definition) is 4. The van der Waals surface area contributed by atoms with E-state index in [2.05, 4.69) is 4.74 Å². The molecule has 2 amide bonds. The Bertz CT molecular complexity index is 911. The van der Waals surface area contributed by atoms with Gasteiger partial charge >= 0.3 is 5.97 Å². The highest BCUT2D eigenvalue weighted by molar-refractivity contribution is 6.56. The van der Waals surface area contributed by atoms with Gasteiger partial charge in [-0.3, -0.25) is 9.59 Å². The van der Waals surface area contributed by atoms with Gasteiger partial charge in [0.1, 0.15) is 0 Å². The third-order valence-electron chi connectivity index (χ3n) is 3.65. The third kappa shape index (κ3) is 2.59. The zero-order valence-corrected chi connectivity index (χ0v) is 15.4. The lowest BCUT2D eigenvalue weighted by atomic mass is 10.1. The van der Waals surface area contributed by atoms with Crippen LogP contribution in [0.25, 0.3) is 0 Å². The van der Waals surface area contributed by atoms with Crippen molar-refractivity contribution in [1.82, 2.24) is 0 Å². The molecule has 0 saturated carbocycles. The van der Waals surface area contributed by atoms with Crippen LogP contribution in [0.3, 0.4) is 0 Å². The molecule has 0 aliphatic carbocycles. The van der Waals surface area contributed by atoms with E-state index in [9.17, 15) is 14.4 Å². The molecule has 9 heteroatoms. The number of benzene rings is 2. The van der Waals surface area contributed by atoms with Crippen molar-refractivity contribution in [1.29, 1.82) is 0 Å². The molecule has 0 spiro atoms. The third-order valence-corrected chi connectivity index (χ3v) is 5.45. The van der Waals surface area contributed by atoms with Gasteiger partial charge in [-0.15, -0.1) is 0 Å². The highest BCUT2D eigenvalue weighted by Gasteiger charge is 2.43. The fourth-order valence-electron chi connectivity index (χ4n) is 2.52. The number of carbonyl (C=O) groups is 3. The molecule has 1 aliphatic rings. The molecule has 1 aliphatic heterocycles. The van der Waals surface area contributed by atoms with Crippen LogP contribution in [0.1, 0.15) is 31.1 Å². The molecule has 0 N–H and O–H groups in total. The number of rotatable bonds is 2. The van der Waals surface area contributed by atoms with Crippen molar-refractivity contribution in [3.8, 4) is 0 Å². The number of esters is 1. The molecule has 128 valence electrons. The van der Waals surface area contributed by atoms with Crippen molar-refractivity contribution >= 4 is 69.9 Å². The minimum atomic E-state index is -0.762. The average molecular weight is 419 g/mol. The molecule has 0 radical (unpaired) electrons. The SMILES string of the molecule is COC(=O)c1ccccc1N1C(=O)c2c(Cl)c(Cl)c(Cl)c(Cl)c2C1=O. The highest BCUT2D eigenvalue weighted by atomic mass is 35.5. The minimum Gasteiger partial charge on any atom is -0.465 e. The first-order valence-electron chi connectivity index (χ1n) is 6.73. The van der Waals surface area contributed by atoms with Gasteiger partial charge in [0.2, 0.25) is 0 Å². The number of methoxy groups -OCH3 is 1. The number of nitrogens with zero attached hydrogens (tertiary/aromatic N) is 1. The zero-order valence-electron chi connectivity index (χ0n) is 12.4. The molecule has 5 nitrogen and oxygen atoms in total. The monoisotopic (exact) mass is 417 g/mol. The first-order valence-corrected chi connectivity index (χ1v) is 8.24. The van der Waals surface area contributed by atoms with Gasteiger partial charge in [-0.1, -0.05) is 58.5 Å². The van der Waals surface area contributed by atoms with Crippen molar-refractivity contribution in [3.63, 3.8) is 0 Å². The van der Waals surface area contributed by atoms with Crippen molar-refractivity contribution in [3.05, 3.63) is 61.0 Å². The van der Waals surface area contributed by atoms with Gasteiger partial charge < -0.3 is 4.74 Å². The lowest BCUT2D eigenvalue weighted by molar-refractivity contribution is 0.0601. The first kappa shape index (κ1) is 18.0. The van der Waals surface area contributed by atoms with Gasteiger partial charge in [-0.2, -0.15) is 0 Å². The van der Waals surface area contributed by atoms with Crippen LogP contribution in [0, 0.1) is 0 Å². The quantitative estimate of drug-likeness (QED) is 0.301. The number of ether oxygens (including phenoxy) is 1. The second-order valence-electron chi connectivity index (χ2n) is 4.96. The maximum atomic E-state index is 12.8. The summed E-state index contributed by atoms with van der Waals surface area (Å²) in [6.45, 7) is 0. The standard InChI is InChI=1S/C16H7Cl4NO4/c1-25-16(24)6-4-2-3-5-7(6)21-14(22)8-9(15(21)23)11(18)13(20)12(19)10(8)17/h2-5H,1H3. The number of fused-ring (bicyclic) bond motifs is 1. The van der Waals surface area contributed by atoms with Crippen molar-refractivity contribution in [2.75, 3.05) is 12.0 Å². The Balaban J connectivity index is 2.26. The Morgan fingerprint density at radius 2 is 1.36 bits per heavy atom. The summed E-state index contributed by atoms with van der Waals surface area (Å²) in [5, 5.41) is -0.613. The van der Waals surface area contributed by atoms with Crippen molar-refractivity contribution in [2.24, 2.45) is 0 Å². The minimum absolute atomic E-state index is 0.0314. The molecule has 0 bridgehead atoms. The van der Waals surface area contributed by atoms with E-state index in [4.69, 9.17) is 46.4 Å². The van der Waals surface area contributed by atoms with Crippen LogP contribution in [-0.4, -0.2) is 24.9 Å². The van der Waals surface area contributed by atoms with Crippen LogP contribution in [0.2, 0.25) is 20.1 Å². The smallest absolute Gasteiger partial charge is 0.339 e. The number of hydrogen-bond donors (Lipinski definition) is 0. The molecule has 0 atom stereocenters. The van der Waals surface area contributed by atoms with Crippen molar-refractivity contribution < 1.29 is 19.1 Å². The predicted molar refractivity (Wildman–Crippen MR) is 95.4 cm³/mol. The molecule has 25 heavy (non-hydrogen) atoms. The molecule has 0 unspecified atom stereocenters. The maximum Gasteiger partial charge on any atom is 0.339 e. The van der Waals surface area contributed by atoms with Crippen molar-refractivity contribution in [2.45, 2.75) is 0 Å². The Morgan fingerprint density at radius 1 is 0.880 bits per heavy atom. The van der Waals surface area contributed by atoms with Crippen LogP contribution in [-0.2, 0) is 4.74 Å². The number of halogens is 4. The Hall–Kier alpha value is -1.79. The summed E-state index contributed by atoms with van der Waals surface area (Å²) in [6.07, 6.45) is 0. The van der Waals surface area contributed by atoms with Gasteiger partial charge in [0.05, 0.1) is 49.6 Å². The number of imide groups is 1. The van der Waals surface area contributed by atoms with E-state index in [1.807, 2.05) is 0 Å².